The van der Waals surface area contributed by atoms with Gasteiger partial charge in [-0.05, 0) is 49.2 Å². The smallest absolute Gasteiger partial charge is 0.416 e. The average molecular weight is 433 g/mol. The fraction of sp³-hybridized carbons (Fsp3) is 0.350. The van der Waals surface area contributed by atoms with Gasteiger partial charge >= 0.3 is 12.1 Å². The van der Waals surface area contributed by atoms with Crippen LogP contribution in [0.3, 0.4) is 0 Å². The van der Waals surface area contributed by atoms with Crippen LogP contribution < -0.4 is 4.74 Å². The van der Waals surface area contributed by atoms with Crippen molar-refractivity contribution in [2.45, 2.75) is 43.0 Å². The minimum Gasteiger partial charge on any atom is -0.468 e. The van der Waals surface area contributed by atoms with Gasteiger partial charge in [-0.2, -0.15) is 13.2 Å². The number of aryl methyl sites for hydroxylation is 1. The molecule has 0 bridgehead atoms. The summed E-state index contributed by atoms with van der Waals surface area (Å²) in [5, 5.41) is -0.546. The molecule has 3 nitrogen and oxygen atoms in total. The molecule has 2 rings (SSSR count). The topological polar surface area (TPSA) is 35.5 Å². The number of methoxy groups -OCH3 is 1. The number of ether oxygens (including phenoxy) is 2. The third-order valence-corrected chi connectivity index (χ3v) is 5.36. The summed E-state index contributed by atoms with van der Waals surface area (Å²) in [5.74, 6) is 0.195. The van der Waals surface area contributed by atoms with Gasteiger partial charge in [0.1, 0.15) is 16.7 Å². The van der Waals surface area contributed by atoms with Crippen LogP contribution in [0.2, 0.25) is 5.02 Å². The Balaban J connectivity index is 2.29. The number of benzene rings is 2. The van der Waals surface area contributed by atoms with Crippen molar-refractivity contribution in [3.63, 3.8) is 0 Å². The lowest BCUT2D eigenvalue weighted by molar-refractivity contribution is -0.139. The molecule has 0 aliphatic rings. The Kier molecular flexibility index (Phi) is 7.66. The summed E-state index contributed by atoms with van der Waals surface area (Å²) >= 11 is 7.30. The molecule has 0 heterocycles. The Morgan fingerprint density at radius 3 is 2.50 bits per heavy atom. The maximum atomic E-state index is 12.8. The number of esters is 1. The summed E-state index contributed by atoms with van der Waals surface area (Å²) < 4.78 is 48.8. The molecule has 0 aliphatic carbocycles. The van der Waals surface area contributed by atoms with Gasteiger partial charge < -0.3 is 9.47 Å². The Hall–Kier alpha value is -1.86. The van der Waals surface area contributed by atoms with Gasteiger partial charge in [0.15, 0.2) is 0 Å². The van der Waals surface area contributed by atoms with Crippen LogP contribution in [-0.4, -0.2) is 18.3 Å². The van der Waals surface area contributed by atoms with E-state index in [4.69, 9.17) is 21.1 Å². The van der Waals surface area contributed by atoms with Crippen molar-refractivity contribution < 1.29 is 27.4 Å². The molecule has 0 aromatic heterocycles. The van der Waals surface area contributed by atoms with Crippen LogP contribution in [0.5, 0.6) is 11.5 Å². The fourth-order valence-corrected chi connectivity index (χ4v) is 3.77. The van der Waals surface area contributed by atoms with Gasteiger partial charge in [-0.25, -0.2) is 0 Å². The summed E-state index contributed by atoms with van der Waals surface area (Å²) in [5.41, 5.74) is 0.209. The van der Waals surface area contributed by atoms with Crippen LogP contribution in [0.25, 0.3) is 0 Å². The molecule has 0 amide bonds. The molecule has 0 spiro atoms. The predicted molar refractivity (Wildman–Crippen MR) is 104 cm³/mol. The Labute approximate surface area is 171 Å². The SMILES string of the molecule is CCCc1ccc(Oc2ccc(C(F)(F)F)cc2Cl)cc1SC(C)C(=O)OC. The van der Waals surface area contributed by atoms with Gasteiger partial charge in [0.25, 0.3) is 0 Å². The molecular formula is C20H20ClF3O3S. The molecule has 8 heteroatoms. The van der Waals surface area contributed by atoms with Crippen molar-refractivity contribution in [1.29, 1.82) is 0 Å². The van der Waals surface area contributed by atoms with Gasteiger partial charge in [-0.15, -0.1) is 11.8 Å². The Morgan fingerprint density at radius 1 is 1.21 bits per heavy atom. The number of halogens is 4. The fourth-order valence-electron chi connectivity index (χ4n) is 2.48. The standard InChI is InChI=1S/C20H20ClF3O3S/c1-4-5-13-6-8-15(11-18(13)28-12(2)19(25)26-3)27-17-9-7-14(10-16(17)21)20(22,23)24/h6-12H,4-5H2,1-3H3. The minimum atomic E-state index is -4.47. The van der Waals surface area contributed by atoms with E-state index in [9.17, 15) is 18.0 Å². The maximum Gasteiger partial charge on any atom is 0.416 e. The van der Waals surface area contributed by atoms with E-state index in [1.807, 2.05) is 13.0 Å². The normalized spacial score (nSPS) is 12.5. The van der Waals surface area contributed by atoms with Crippen LogP contribution in [0.15, 0.2) is 41.3 Å². The quantitative estimate of drug-likeness (QED) is 0.358. The summed E-state index contributed by atoms with van der Waals surface area (Å²) in [6, 6.07) is 8.30. The second-order valence-corrected chi connectivity index (χ2v) is 7.84. The van der Waals surface area contributed by atoms with E-state index in [0.717, 1.165) is 35.4 Å². The number of hydrogen-bond acceptors (Lipinski definition) is 4. The van der Waals surface area contributed by atoms with Crippen molar-refractivity contribution in [1.82, 2.24) is 0 Å². The van der Waals surface area contributed by atoms with Gasteiger partial charge in [0.2, 0.25) is 0 Å². The highest BCUT2D eigenvalue weighted by Gasteiger charge is 2.31. The summed E-state index contributed by atoms with van der Waals surface area (Å²) in [4.78, 5) is 12.6. The van der Waals surface area contributed by atoms with Crippen LogP contribution in [-0.2, 0) is 22.1 Å². The van der Waals surface area contributed by atoms with E-state index in [2.05, 4.69) is 0 Å². The first-order valence-electron chi connectivity index (χ1n) is 8.57. The van der Waals surface area contributed by atoms with E-state index < -0.39 is 17.0 Å². The van der Waals surface area contributed by atoms with Crippen LogP contribution in [0, 0.1) is 0 Å². The number of carbonyl (C=O) groups excluding carboxylic acids is 1. The Morgan fingerprint density at radius 2 is 1.93 bits per heavy atom. The molecular weight excluding hydrogens is 413 g/mol. The number of hydrogen-bond donors (Lipinski definition) is 0. The third-order valence-electron chi connectivity index (χ3n) is 3.88. The first-order valence-corrected chi connectivity index (χ1v) is 9.83. The number of thioether (sulfide) groups is 1. The van der Waals surface area contributed by atoms with Gasteiger partial charge in [-0.1, -0.05) is 31.0 Å². The minimum absolute atomic E-state index is 0.120. The number of rotatable bonds is 7. The van der Waals surface area contributed by atoms with E-state index in [1.54, 1.807) is 19.1 Å². The van der Waals surface area contributed by atoms with Crippen molar-refractivity contribution in [3.05, 3.63) is 52.5 Å². The molecule has 2 aromatic rings. The van der Waals surface area contributed by atoms with E-state index >= 15 is 0 Å². The largest absolute Gasteiger partial charge is 0.468 e. The van der Waals surface area contributed by atoms with Crippen LogP contribution in [0.1, 0.15) is 31.4 Å². The molecule has 152 valence electrons. The molecule has 0 radical (unpaired) electrons. The first-order chi connectivity index (χ1) is 13.2. The summed E-state index contributed by atoms with van der Waals surface area (Å²) in [6.45, 7) is 3.79. The highest BCUT2D eigenvalue weighted by atomic mass is 35.5. The highest BCUT2D eigenvalue weighted by Crippen LogP contribution is 2.38. The van der Waals surface area contributed by atoms with E-state index in [1.165, 1.54) is 24.9 Å². The number of carbonyl (C=O) groups is 1. The highest BCUT2D eigenvalue weighted by molar-refractivity contribution is 8.00. The molecule has 0 aliphatic heterocycles. The molecule has 28 heavy (non-hydrogen) atoms. The molecule has 1 atom stereocenters. The maximum absolute atomic E-state index is 12.8. The van der Waals surface area contributed by atoms with Gasteiger partial charge in [0.05, 0.1) is 17.7 Å². The average Bonchev–Trinajstić information content (AvgIpc) is 2.64. The lowest BCUT2D eigenvalue weighted by Gasteiger charge is -2.15. The monoisotopic (exact) mass is 432 g/mol. The van der Waals surface area contributed by atoms with Crippen molar-refractivity contribution in [2.75, 3.05) is 7.11 Å². The summed E-state index contributed by atoms with van der Waals surface area (Å²) in [7, 11) is 1.33. The van der Waals surface area contributed by atoms with E-state index in [-0.39, 0.29) is 16.7 Å². The molecule has 0 fully saturated rings. The molecule has 0 N–H and O–H groups in total. The van der Waals surface area contributed by atoms with Crippen LogP contribution >= 0.6 is 23.4 Å². The van der Waals surface area contributed by atoms with Crippen molar-refractivity contribution in [2.24, 2.45) is 0 Å². The lowest BCUT2D eigenvalue weighted by atomic mass is 10.1. The van der Waals surface area contributed by atoms with Crippen molar-refractivity contribution >= 4 is 29.3 Å². The van der Waals surface area contributed by atoms with Gasteiger partial charge in [0, 0.05) is 4.90 Å². The van der Waals surface area contributed by atoms with Crippen LogP contribution in [0.4, 0.5) is 13.2 Å². The second-order valence-electron chi connectivity index (χ2n) is 6.05. The molecule has 0 saturated heterocycles. The molecule has 1 unspecified atom stereocenters. The summed E-state index contributed by atoms with van der Waals surface area (Å²) in [6.07, 6.45) is -2.74. The third kappa shape index (κ3) is 5.82. The zero-order chi connectivity index (χ0) is 20.9. The zero-order valence-corrected chi connectivity index (χ0v) is 17.2. The van der Waals surface area contributed by atoms with Gasteiger partial charge in [-0.3, -0.25) is 4.79 Å². The van der Waals surface area contributed by atoms with Crippen molar-refractivity contribution in [3.8, 4) is 11.5 Å². The van der Waals surface area contributed by atoms with E-state index in [0.29, 0.717) is 5.75 Å². The lowest BCUT2D eigenvalue weighted by Crippen LogP contribution is -2.14. The zero-order valence-electron chi connectivity index (χ0n) is 15.6. The first kappa shape index (κ1) is 22.4. The second kappa shape index (κ2) is 9.56. The molecule has 2 aromatic carbocycles. The molecule has 0 saturated carbocycles. The predicted octanol–water partition coefficient (Wildman–Crippen LogP) is 6.76. The Bertz CT molecular complexity index is 840. The number of alkyl halides is 3.